The number of hydrogen-bond donors (Lipinski definition) is 3. The molecule has 47 heavy (non-hydrogen) atoms. The molecule has 252 valence electrons. The molecule has 0 spiro atoms. The van der Waals surface area contributed by atoms with Crippen molar-refractivity contribution in [3.63, 3.8) is 0 Å². The molecule has 0 unspecified atom stereocenters. The molecule has 12 nitrogen and oxygen atoms in total. The highest BCUT2D eigenvalue weighted by Gasteiger charge is 2.46. The largest absolute Gasteiger partial charge is 0.497 e. The molecule has 4 aromatic rings. The Kier molecular flexibility index (Phi) is 14.2. The van der Waals surface area contributed by atoms with E-state index < -0.39 is 44.0 Å². The van der Waals surface area contributed by atoms with Crippen molar-refractivity contribution in [1.29, 1.82) is 0 Å². The van der Waals surface area contributed by atoms with Gasteiger partial charge < -0.3 is 34.7 Å². The van der Waals surface area contributed by atoms with E-state index in [1.54, 1.807) is 21.1 Å². The van der Waals surface area contributed by atoms with E-state index >= 15 is 0 Å². The molecular weight excluding hydrogens is 625 g/mol. The van der Waals surface area contributed by atoms with Crippen LogP contribution < -0.4 is 22.1 Å². The number of aromatic amines is 1. The summed E-state index contributed by atoms with van der Waals surface area (Å²) in [5.41, 5.74) is 1.26. The van der Waals surface area contributed by atoms with Gasteiger partial charge in [0.1, 0.15) is 17.5 Å². The van der Waals surface area contributed by atoms with Gasteiger partial charge in [-0.05, 0) is 35.7 Å². The average molecular weight is 669 g/mol. The third-order valence-electron chi connectivity index (χ3n) is 8.04. The zero-order valence-electron chi connectivity index (χ0n) is 27.2. The fourth-order valence-electron chi connectivity index (χ4n) is 5.67. The Morgan fingerprint density at radius 2 is 1.47 bits per heavy atom. The van der Waals surface area contributed by atoms with Gasteiger partial charge in [0.15, 0.2) is 6.23 Å². The predicted octanol–water partition coefficient (Wildman–Crippen LogP) is 4.99. The number of rotatable bonds is 12. The first kappa shape index (κ1) is 37.5. The van der Waals surface area contributed by atoms with E-state index in [9.17, 15) is 9.59 Å². The molecule has 4 atom stereocenters. The molecule has 1 aliphatic heterocycles. The van der Waals surface area contributed by atoms with Crippen LogP contribution in [0, 0.1) is 12.8 Å². The minimum absolute atomic E-state index is 0. The lowest BCUT2D eigenvalue weighted by atomic mass is 9.80. The lowest BCUT2D eigenvalue weighted by molar-refractivity contribution is -0.0984. The second kappa shape index (κ2) is 17.8. The van der Waals surface area contributed by atoms with E-state index in [1.165, 1.54) is 10.8 Å². The van der Waals surface area contributed by atoms with Crippen molar-refractivity contribution in [1.82, 2.24) is 15.7 Å². The molecule has 1 fully saturated rings. The van der Waals surface area contributed by atoms with E-state index in [2.05, 4.69) is 29.2 Å². The van der Waals surface area contributed by atoms with Crippen molar-refractivity contribution >= 4 is 8.69 Å². The van der Waals surface area contributed by atoms with Crippen molar-refractivity contribution in [2.24, 2.45) is 5.92 Å². The predicted molar refractivity (Wildman–Crippen MR) is 178 cm³/mol. The molecule has 0 aliphatic carbocycles. The number of benzene rings is 3. The molecule has 1 aliphatic rings. The third-order valence-corrected chi connectivity index (χ3v) is 8.04. The lowest BCUT2D eigenvalue weighted by Gasteiger charge is -2.37. The molecule has 0 amide bonds. The molecule has 2 heterocycles. The van der Waals surface area contributed by atoms with Crippen LogP contribution in [0.5, 0.6) is 5.75 Å². The fourth-order valence-corrected chi connectivity index (χ4v) is 5.67. The summed E-state index contributed by atoms with van der Waals surface area (Å²) in [4.78, 5) is 34.4. The number of hydrogen-bond acceptors (Lipinski definition) is 8. The van der Waals surface area contributed by atoms with E-state index in [0.29, 0.717) is 18.8 Å². The first-order chi connectivity index (χ1) is 22.3. The van der Waals surface area contributed by atoms with E-state index in [0.717, 1.165) is 22.4 Å². The third kappa shape index (κ3) is 8.48. The van der Waals surface area contributed by atoms with Gasteiger partial charge in [0.05, 0.1) is 33.0 Å². The van der Waals surface area contributed by atoms with Crippen LogP contribution in [0.15, 0.2) is 101 Å². The van der Waals surface area contributed by atoms with Gasteiger partial charge in [0.2, 0.25) is 0 Å². The number of aryl methyl sites for hydroxylation is 1. The number of nitrogens with one attached hydrogen (secondary N) is 1. The zero-order chi connectivity index (χ0) is 33.1. The van der Waals surface area contributed by atoms with Gasteiger partial charge >= 0.3 is 14.4 Å². The quantitative estimate of drug-likeness (QED) is 0.107. The zero-order valence-corrected chi connectivity index (χ0v) is 28.1. The highest BCUT2D eigenvalue weighted by molar-refractivity contribution is 7.16. The molecule has 0 saturated carbocycles. The SMILES string of the molecule is COCCO[C@@H]1[C@H](C)[C@@H](COC(c2ccccc2)(c2ccccc2)c2ccc(OC)cc2)O[C@H]1n1cc(C)c(=O)[nH]c1=O.O=PO.[NH4+]. The van der Waals surface area contributed by atoms with Crippen LogP contribution in [0.2, 0.25) is 0 Å². The number of ether oxygens (including phenoxy) is 5. The van der Waals surface area contributed by atoms with Crippen LogP contribution in [-0.4, -0.2) is 60.7 Å². The van der Waals surface area contributed by atoms with E-state index in [-0.39, 0.29) is 18.7 Å². The van der Waals surface area contributed by atoms with Crippen molar-refractivity contribution in [2.75, 3.05) is 34.0 Å². The van der Waals surface area contributed by atoms with Crippen LogP contribution in [0.1, 0.15) is 35.4 Å². The Balaban J connectivity index is 0.00000144. The number of H-pyrrole nitrogens is 1. The Bertz CT molecular complexity index is 1610. The summed E-state index contributed by atoms with van der Waals surface area (Å²) in [6.45, 7) is 4.57. The molecule has 5 rings (SSSR count). The number of aromatic nitrogens is 2. The normalized spacial score (nSPS) is 19.0. The number of quaternary nitrogens is 1. The van der Waals surface area contributed by atoms with E-state index in [4.69, 9.17) is 33.1 Å². The van der Waals surface area contributed by atoms with Gasteiger partial charge in [0, 0.05) is 24.8 Å². The average Bonchev–Trinajstić information content (AvgIpc) is 3.39. The topological polar surface area (TPSA) is 175 Å². The van der Waals surface area contributed by atoms with Crippen molar-refractivity contribution < 1.29 is 33.1 Å². The molecule has 13 heteroatoms. The number of methoxy groups -OCH3 is 2. The Morgan fingerprint density at radius 1 is 0.915 bits per heavy atom. The summed E-state index contributed by atoms with van der Waals surface area (Å²) in [6.07, 6.45) is -0.186. The van der Waals surface area contributed by atoms with Gasteiger partial charge in [-0.1, -0.05) is 79.7 Å². The summed E-state index contributed by atoms with van der Waals surface area (Å²) >= 11 is 0. The van der Waals surface area contributed by atoms with Crippen LogP contribution in [-0.2, 0) is 29.1 Å². The molecule has 0 radical (unpaired) electrons. The maximum Gasteiger partial charge on any atom is 0.330 e. The first-order valence-electron chi connectivity index (χ1n) is 14.7. The molecule has 0 bridgehead atoms. The van der Waals surface area contributed by atoms with Gasteiger partial charge in [0.25, 0.3) is 5.56 Å². The summed E-state index contributed by atoms with van der Waals surface area (Å²) in [6, 6.07) is 28.0. The minimum Gasteiger partial charge on any atom is -0.497 e. The number of nitrogens with zero attached hydrogens (tertiary/aromatic N) is 1. The van der Waals surface area contributed by atoms with Gasteiger partial charge in [-0.3, -0.25) is 14.3 Å². The Morgan fingerprint density at radius 3 is 2.00 bits per heavy atom. The summed E-state index contributed by atoms with van der Waals surface area (Å²) in [5.74, 6) is 0.577. The molecule has 1 saturated heterocycles. The standard InChI is InChI=1S/C34H38N2O7.H3N.HO2P/c1-23-21-36(33(38)35-31(23)37)32-30(41-20-19-39-3)24(2)29(43-32)22-42-34(25-11-7-5-8-12-25,26-13-9-6-10-14-26)27-15-17-28(40-4)18-16-27;;1-3-2/h5-18,21,24,29-30,32H,19-20,22H2,1-4H3,(H,35,37,38);1H3;(H,1,2)/p+1/t24-,29-,30-,32-;;/m1../s1. The Labute approximate surface area is 275 Å². The highest BCUT2D eigenvalue weighted by atomic mass is 31.1. The molecule has 3 aromatic carbocycles. The smallest absolute Gasteiger partial charge is 0.330 e. The second-order valence-electron chi connectivity index (χ2n) is 10.8. The fraction of sp³-hybridized carbons (Fsp3) is 0.353. The summed E-state index contributed by atoms with van der Waals surface area (Å²) in [5, 5.41) is 0. The second-order valence-corrected chi connectivity index (χ2v) is 10.9. The van der Waals surface area contributed by atoms with Gasteiger partial charge in [-0.15, -0.1) is 0 Å². The maximum atomic E-state index is 12.9. The Hall–Kier alpha value is -4.00. The van der Waals surface area contributed by atoms with Crippen LogP contribution in [0.25, 0.3) is 0 Å². The van der Waals surface area contributed by atoms with Crippen molar-refractivity contribution in [3.8, 4) is 5.75 Å². The van der Waals surface area contributed by atoms with Crippen molar-refractivity contribution in [2.45, 2.75) is 37.9 Å². The first-order valence-corrected chi connectivity index (χ1v) is 15.5. The molecule has 1 aromatic heterocycles. The minimum atomic E-state index is -0.978. The summed E-state index contributed by atoms with van der Waals surface area (Å²) < 4.78 is 40.3. The van der Waals surface area contributed by atoms with Gasteiger partial charge in [-0.25, -0.2) is 9.36 Å². The van der Waals surface area contributed by atoms with Crippen molar-refractivity contribution in [3.05, 3.63) is 134 Å². The lowest BCUT2D eigenvalue weighted by Crippen LogP contribution is -2.38. The monoisotopic (exact) mass is 668 g/mol. The van der Waals surface area contributed by atoms with Crippen LogP contribution in [0.4, 0.5) is 0 Å². The highest BCUT2D eigenvalue weighted by Crippen LogP contribution is 2.43. The molecule has 6 N–H and O–H groups in total. The summed E-state index contributed by atoms with van der Waals surface area (Å²) in [7, 11) is 2.41. The maximum absolute atomic E-state index is 12.9. The molecular formula is C34H43N3O9P+. The van der Waals surface area contributed by atoms with E-state index in [1.807, 2.05) is 67.6 Å². The van der Waals surface area contributed by atoms with Crippen LogP contribution >= 0.6 is 8.69 Å². The van der Waals surface area contributed by atoms with Crippen LogP contribution in [0.3, 0.4) is 0 Å². The van der Waals surface area contributed by atoms with Gasteiger partial charge in [-0.2, -0.15) is 0 Å².